The fourth-order valence-corrected chi connectivity index (χ4v) is 4.36. The second-order valence-electron chi connectivity index (χ2n) is 8.10. The van der Waals surface area contributed by atoms with Gasteiger partial charge in [-0.1, -0.05) is 30.3 Å². The molecular formula is C25H19FN8O4S. The minimum absolute atomic E-state index is 0.00951. The first-order valence-electron chi connectivity index (χ1n) is 11.2. The van der Waals surface area contributed by atoms with Crippen molar-refractivity contribution >= 4 is 61.2 Å². The van der Waals surface area contributed by atoms with Crippen molar-refractivity contribution in [1.29, 1.82) is 0 Å². The summed E-state index contributed by atoms with van der Waals surface area (Å²) in [4.78, 5) is 10.9. The molecule has 12 nitrogen and oxygen atoms in total. The van der Waals surface area contributed by atoms with Crippen molar-refractivity contribution < 1.29 is 22.5 Å². The summed E-state index contributed by atoms with van der Waals surface area (Å²) in [7, 11) is -4.71. The number of rotatable bonds is 7. The van der Waals surface area contributed by atoms with Crippen molar-refractivity contribution in [3.05, 3.63) is 84.9 Å². The van der Waals surface area contributed by atoms with Gasteiger partial charge in [0.05, 0.1) is 11.4 Å². The number of halogens is 1. The van der Waals surface area contributed by atoms with E-state index in [1.165, 1.54) is 30.3 Å². The van der Waals surface area contributed by atoms with Gasteiger partial charge in [-0.05, 0) is 53.9 Å². The number of anilines is 5. The molecule has 0 saturated carbocycles. The maximum Gasteiger partial charge on any atom is 0.315 e. The van der Waals surface area contributed by atoms with Gasteiger partial charge in [0.15, 0.2) is 0 Å². The van der Waals surface area contributed by atoms with Crippen LogP contribution in [0.5, 0.6) is 5.75 Å². The summed E-state index contributed by atoms with van der Waals surface area (Å²) in [5.41, 5.74) is 7.07. The number of aromatic hydroxyl groups is 1. The van der Waals surface area contributed by atoms with E-state index in [9.17, 15) is 22.5 Å². The van der Waals surface area contributed by atoms with Crippen LogP contribution in [-0.2, 0) is 10.1 Å². The predicted octanol–water partition coefficient (Wildman–Crippen LogP) is 5.60. The largest absolute Gasteiger partial charge is 0.507 e. The maximum atomic E-state index is 14.0. The monoisotopic (exact) mass is 546 g/mol. The van der Waals surface area contributed by atoms with E-state index >= 15 is 0 Å². The number of phenols is 1. The molecule has 196 valence electrons. The van der Waals surface area contributed by atoms with Crippen LogP contribution in [0.4, 0.5) is 44.7 Å². The van der Waals surface area contributed by atoms with Crippen molar-refractivity contribution in [2.24, 2.45) is 10.2 Å². The van der Waals surface area contributed by atoms with Crippen LogP contribution >= 0.6 is 0 Å². The zero-order chi connectivity index (χ0) is 27.6. The van der Waals surface area contributed by atoms with Gasteiger partial charge in [-0.25, -0.2) is 0 Å². The fourth-order valence-electron chi connectivity index (χ4n) is 3.69. The number of nitrogens with two attached hydrogens (primary N) is 1. The van der Waals surface area contributed by atoms with Crippen molar-refractivity contribution in [1.82, 2.24) is 15.0 Å². The summed E-state index contributed by atoms with van der Waals surface area (Å²) in [6, 6.07) is 20.8. The number of benzene rings is 4. The molecule has 0 spiro atoms. The summed E-state index contributed by atoms with van der Waals surface area (Å²) in [5, 5.41) is 24.4. The summed E-state index contributed by atoms with van der Waals surface area (Å²) in [6.07, 6.45) is -0.981. The van der Waals surface area contributed by atoms with Crippen molar-refractivity contribution in [3.8, 4) is 5.75 Å². The third-order valence-corrected chi connectivity index (χ3v) is 6.29. The number of azo groups is 1. The van der Waals surface area contributed by atoms with Crippen LogP contribution in [0, 0.1) is 6.08 Å². The van der Waals surface area contributed by atoms with Gasteiger partial charge in [0.2, 0.25) is 11.9 Å². The van der Waals surface area contributed by atoms with Gasteiger partial charge in [-0.3, -0.25) is 4.55 Å². The molecule has 14 heteroatoms. The van der Waals surface area contributed by atoms with Crippen LogP contribution in [0.1, 0.15) is 0 Å². The molecule has 5 aromatic rings. The maximum absolute atomic E-state index is 14.0. The van der Waals surface area contributed by atoms with Crippen LogP contribution in [-0.4, -0.2) is 33.0 Å². The first-order valence-corrected chi connectivity index (χ1v) is 12.7. The molecule has 0 aliphatic carbocycles. The second kappa shape index (κ2) is 10.3. The Hall–Kier alpha value is -5.21. The van der Waals surface area contributed by atoms with E-state index in [2.05, 4.69) is 35.8 Å². The van der Waals surface area contributed by atoms with Gasteiger partial charge < -0.3 is 21.5 Å². The molecule has 1 aromatic heterocycles. The highest BCUT2D eigenvalue weighted by molar-refractivity contribution is 7.86. The third-order valence-electron chi connectivity index (χ3n) is 5.42. The van der Waals surface area contributed by atoms with E-state index < -0.39 is 21.1 Å². The molecule has 0 saturated heterocycles. The van der Waals surface area contributed by atoms with Crippen molar-refractivity contribution in [2.75, 3.05) is 16.4 Å². The van der Waals surface area contributed by atoms with E-state index in [0.717, 1.165) is 6.07 Å². The quantitative estimate of drug-likeness (QED) is 0.0976. The number of phenolic OH excluding ortho intramolecular Hbond substituents is 1. The highest BCUT2D eigenvalue weighted by Crippen LogP contribution is 2.41. The molecule has 0 atom stereocenters. The number of nitrogens with zero attached hydrogens (tertiary/aromatic N) is 5. The Morgan fingerprint density at radius 3 is 2.10 bits per heavy atom. The van der Waals surface area contributed by atoms with Gasteiger partial charge in [0.1, 0.15) is 16.3 Å². The standard InChI is InChI=1S/C25H19FN8O4S/c26-23-30-24(28-15-6-2-1-3-7-15)32-25(31-23)29-16-9-11-17(12-10-16)33-34-22-19(39(36,37)38)13-14-5-4-8-18(35)20(14)21(22)27/h1-13,35H,27H2,(H,36,37,38)(H2,28,29,30,31,32). The molecule has 0 aliphatic heterocycles. The number of aromatic nitrogens is 3. The highest BCUT2D eigenvalue weighted by atomic mass is 32.2. The zero-order valence-electron chi connectivity index (χ0n) is 19.8. The Kier molecular flexibility index (Phi) is 6.70. The van der Waals surface area contributed by atoms with Gasteiger partial charge >= 0.3 is 6.08 Å². The number of fused-ring (bicyclic) bond motifs is 1. The molecule has 39 heavy (non-hydrogen) atoms. The molecule has 0 aliphatic rings. The van der Waals surface area contributed by atoms with Crippen LogP contribution < -0.4 is 16.4 Å². The van der Waals surface area contributed by atoms with Gasteiger partial charge in [-0.15, -0.1) is 5.11 Å². The van der Waals surface area contributed by atoms with Crippen LogP contribution in [0.25, 0.3) is 10.8 Å². The summed E-state index contributed by atoms with van der Waals surface area (Å²) in [6.45, 7) is 0. The zero-order valence-corrected chi connectivity index (χ0v) is 20.6. The third kappa shape index (κ3) is 5.71. The fraction of sp³-hybridized carbons (Fsp3) is 0. The number of nitrogen functional groups attached to an aromatic ring is 1. The van der Waals surface area contributed by atoms with Gasteiger partial charge in [-0.2, -0.15) is 32.9 Å². The lowest BCUT2D eigenvalue weighted by molar-refractivity contribution is 0.480. The van der Waals surface area contributed by atoms with Crippen LogP contribution in [0.3, 0.4) is 0 Å². The highest BCUT2D eigenvalue weighted by Gasteiger charge is 2.22. The lowest BCUT2D eigenvalue weighted by atomic mass is 10.1. The molecule has 0 bridgehead atoms. The Labute approximate surface area is 220 Å². The Morgan fingerprint density at radius 1 is 0.821 bits per heavy atom. The van der Waals surface area contributed by atoms with E-state index in [4.69, 9.17) is 5.73 Å². The molecule has 5 rings (SSSR count). The molecule has 1 heterocycles. The predicted molar refractivity (Wildman–Crippen MR) is 143 cm³/mol. The SMILES string of the molecule is Nc1c(N=Nc2ccc(Nc3nc(F)nc(Nc4ccccc4)n3)cc2)c(S(=O)(=O)O)cc2cccc(O)c12. The van der Waals surface area contributed by atoms with Crippen LogP contribution in [0.15, 0.2) is 94.0 Å². The second-order valence-corrected chi connectivity index (χ2v) is 9.49. The van der Waals surface area contributed by atoms with Gasteiger partial charge in [0, 0.05) is 16.8 Å². The average Bonchev–Trinajstić information content (AvgIpc) is 2.88. The molecule has 0 radical (unpaired) electrons. The molecule has 0 unspecified atom stereocenters. The lowest BCUT2D eigenvalue weighted by Crippen LogP contribution is -2.05. The minimum Gasteiger partial charge on any atom is -0.507 e. The summed E-state index contributed by atoms with van der Waals surface area (Å²) < 4.78 is 47.7. The molecule has 6 N–H and O–H groups in total. The molecule has 4 aromatic carbocycles. The van der Waals surface area contributed by atoms with Crippen molar-refractivity contribution in [2.45, 2.75) is 4.90 Å². The van der Waals surface area contributed by atoms with E-state index in [1.807, 2.05) is 6.07 Å². The number of hydrogen-bond donors (Lipinski definition) is 5. The van der Waals surface area contributed by atoms with Gasteiger partial charge in [0.25, 0.3) is 10.1 Å². The van der Waals surface area contributed by atoms with Crippen molar-refractivity contribution in [3.63, 3.8) is 0 Å². The molecular weight excluding hydrogens is 527 g/mol. The number of hydrogen-bond acceptors (Lipinski definition) is 11. The Bertz CT molecular complexity index is 1820. The Morgan fingerprint density at radius 2 is 1.46 bits per heavy atom. The van der Waals surface area contributed by atoms with E-state index in [-0.39, 0.29) is 34.4 Å². The number of nitrogens with one attached hydrogen (secondary N) is 2. The summed E-state index contributed by atoms with van der Waals surface area (Å²) in [5.74, 6) is -0.220. The Balaban J connectivity index is 1.39. The smallest absolute Gasteiger partial charge is 0.315 e. The minimum atomic E-state index is -4.71. The van der Waals surface area contributed by atoms with E-state index in [1.54, 1.807) is 36.4 Å². The molecule has 0 amide bonds. The first-order chi connectivity index (χ1) is 18.7. The summed E-state index contributed by atoms with van der Waals surface area (Å²) >= 11 is 0. The topological polar surface area (TPSA) is 188 Å². The number of para-hydroxylation sites is 1. The normalized spacial score (nSPS) is 11.6. The first kappa shape index (κ1) is 25.4. The van der Waals surface area contributed by atoms with Crippen LogP contribution in [0.2, 0.25) is 0 Å². The van der Waals surface area contributed by atoms with E-state index in [0.29, 0.717) is 22.4 Å². The lowest BCUT2D eigenvalue weighted by Gasteiger charge is -2.11. The molecule has 0 fully saturated rings. The average molecular weight is 547 g/mol.